The SMILES string of the molecule is Nc1cnc(C(F)F)c(CO)c1Cl. The van der Waals surface area contributed by atoms with Crippen molar-refractivity contribution in [2.24, 2.45) is 0 Å². The van der Waals surface area contributed by atoms with Crippen LogP contribution in [0.5, 0.6) is 0 Å². The Morgan fingerprint density at radius 1 is 1.62 bits per heavy atom. The van der Waals surface area contributed by atoms with E-state index in [4.69, 9.17) is 22.4 Å². The van der Waals surface area contributed by atoms with Gasteiger partial charge >= 0.3 is 0 Å². The Morgan fingerprint density at radius 3 is 2.69 bits per heavy atom. The molecule has 0 aliphatic carbocycles. The summed E-state index contributed by atoms with van der Waals surface area (Å²) in [4.78, 5) is 3.39. The van der Waals surface area contributed by atoms with Gasteiger partial charge in [-0.3, -0.25) is 4.98 Å². The van der Waals surface area contributed by atoms with Crippen molar-refractivity contribution < 1.29 is 13.9 Å². The topological polar surface area (TPSA) is 59.1 Å². The molecule has 0 amide bonds. The van der Waals surface area contributed by atoms with Crippen LogP contribution in [0.15, 0.2) is 6.20 Å². The van der Waals surface area contributed by atoms with E-state index in [0.717, 1.165) is 6.20 Å². The normalized spacial score (nSPS) is 10.8. The Kier molecular flexibility index (Phi) is 3.00. The summed E-state index contributed by atoms with van der Waals surface area (Å²) in [7, 11) is 0. The van der Waals surface area contributed by atoms with Gasteiger partial charge in [0.1, 0.15) is 5.69 Å². The number of aliphatic hydroxyl groups excluding tert-OH is 1. The minimum Gasteiger partial charge on any atom is -0.396 e. The number of nitrogens with zero attached hydrogens (tertiary/aromatic N) is 1. The quantitative estimate of drug-likeness (QED) is 0.779. The van der Waals surface area contributed by atoms with Crippen LogP contribution in [-0.2, 0) is 6.61 Å². The van der Waals surface area contributed by atoms with Crippen LogP contribution in [0.4, 0.5) is 14.5 Å². The molecule has 6 heteroatoms. The van der Waals surface area contributed by atoms with Crippen molar-refractivity contribution in [1.29, 1.82) is 0 Å². The van der Waals surface area contributed by atoms with E-state index >= 15 is 0 Å². The lowest BCUT2D eigenvalue weighted by atomic mass is 10.2. The summed E-state index contributed by atoms with van der Waals surface area (Å²) in [6.07, 6.45) is -1.72. The smallest absolute Gasteiger partial charge is 0.280 e. The molecular formula is C7H7ClF2N2O. The van der Waals surface area contributed by atoms with Gasteiger partial charge in [0, 0.05) is 5.56 Å². The number of hydrogen-bond donors (Lipinski definition) is 2. The largest absolute Gasteiger partial charge is 0.396 e. The Bertz CT molecular complexity index is 320. The molecule has 3 nitrogen and oxygen atoms in total. The highest BCUT2D eigenvalue weighted by molar-refractivity contribution is 6.33. The molecule has 3 N–H and O–H groups in total. The van der Waals surface area contributed by atoms with Crippen LogP contribution in [-0.4, -0.2) is 10.1 Å². The first kappa shape index (κ1) is 10.1. The number of pyridine rings is 1. The minimum absolute atomic E-state index is 0.0622. The first-order valence-electron chi connectivity index (χ1n) is 3.39. The van der Waals surface area contributed by atoms with Gasteiger partial charge in [-0.15, -0.1) is 0 Å². The summed E-state index contributed by atoms with van der Waals surface area (Å²) in [6.45, 7) is -0.601. The molecule has 0 unspecified atom stereocenters. The molecule has 0 aliphatic heterocycles. The zero-order valence-electron chi connectivity index (χ0n) is 6.47. The number of aliphatic hydroxyl groups is 1. The molecule has 0 saturated heterocycles. The van der Waals surface area contributed by atoms with E-state index in [0.29, 0.717) is 0 Å². The van der Waals surface area contributed by atoms with E-state index in [9.17, 15) is 8.78 Å². The fourth-order valence-electron chi connectivity index (χ4n) is 0.899. The van der Waals surface area contributed by atoms with Crippen LogP contribution in [0.2, 0.25) is 5.02 Å². The Balaban J connectivity index is 3.30. The van der Waals surface area contributed by atoms with Crippen LogP contribution in [0.1, 0.15) is 17.7 Å². The molecule has 1 rings (SSSR count). The van der Waals surface area contributed by atoms with Crippen molar-refractivity contribution in [2.75, 3.05) is 5.73 Å². The van der Waals surface area contributed by atoms with Gasteiger partial charge in [-0.25, -0.2) is 8.78 Å². The predicted molar refractivity (Wildman–Crippen MR) is 44.5 cm³/mol. The second kappa shape index (κ2) is 3.85. The number of alkyl halides is 2. The Labute approximate surface area is 78.1 Å². The van der Waals surface area contributed by atoms with E-state index in [1.54, 1.807) is 0 Å². The lowest BCUT2D eigenvalue weighted by Gasteiger charge is -2.08. The molecule has 1 aromatic rings. The maximum absolute atomic E-state index is 12.3. The minimum atomic E-state index is -2.76. The molecule has 0 atom stereocenters. The molecule has 0 bridgehead atoms. The van der Waals surface area contributed by atoms with Crippen molar-refractivity contribution in [3.8, 4) is 0 Å². The average Bonchev–Trinajstić information content (AvgIpc) is 2.09. The first-order valence-corrected chi connectivity index (χ1v) is 3.77. The van der Waals surface area contributed by atoms with Gasteiger partial charge < -0.3 is 10.8 Å². The highest BCUT2D eigenvalue weighted by Gasteiger charge is 2.18. The predicted octanol–water partition coefficient (Wildman–Crippen LogP) is 1.75. The van der Waals surface area contributed by atoms with Crippen LogP contribution < -0.4 is 5.73 Å². The summed E-state index contributed by atoms with van der Waals surface area (Å²) >= 11 is 5.58. The third kappa shape index (κ3) is 1.87. The summed E-state index contributed by atoms with van der Waals surface area (Å²) in [5.41, 5.74) is 4.75. The van der Waals surface area contributed by atoms with Gasteiger partial charge in [-0.1, -0.05) is 11.6 Å². The number of nitrogen functional groups attached to an aromatic ring is 1. The molecular weight excluding hydrogens is 202 g/mol. The number of halogens is 3. The number of hydrogen-bond acceptors (Lipinski definition) is 3. The standard InChI is InChI=1S/C7H7ClF2N2O/c8-5-3(2-13)6(7(9)10)12-1-4(5)11/h1,7,13H,2,11H2. The highest BCUT2D eigenvalue weighted by atomic mass is 35.5. The molecule has 1 aromatic heterocycles. The molecule has 0 spiro atoms. The van der Waals surface area contributed by atoms with E-state index in [1.165, 1.54) is 0 Å². The van der Waals surface area contributed by atoms with Crippen molar-refractivity contribution in [3.63, 3.8) is 0 Å². The van der Waals surface area contributed by atoms with Crippen molar-refractivity contribution in [1.82, 2.24) is 4.98 Å². The van der Waals surface area contributed by atoms with Gasteiger partial charge in [-0.2, -0.15) is 0 Å². The molecule has 0 aliphatic rings. The van der Waals surface area contributed by atoms with Gasteiger partial charge in [-0.05, 0) is 0 Å². The monoisotopic (exact) mass is 208 g/mol. The average molecular weight is 209 g/mol. The van der Waals surface area contributed by atoms with E-state index in [-0.39, 0.29) is 16.3 Å². The second-order valence-electron chi connectivity index (χ2n) is 2.35. The summed E-state index contributed by atoms with van der Waals surface area (Å²) < 4.78 is 24.5. The number of anilines is 1. The molecule has 0 saturated carbocycles. The Hall–Kier alpha value is -0.940. The van der Waals surface area contributed by atoms with Gasteiger partial charge in [0.25, 0.3) is 6.43 Å². The van der Waals surface area contributed by atoms with Gasteiger partial charge in [0.05, 0.1) is 23.5 Å². The van der Waals surface area contributed by atoms with Crippen molar-refractivity contribution >= 4 is 17.3 Å². The summed E-state index contributed by atoms with van der Waals surface area (Å²) in [6, 6.07) is 0. The van der Waals surface area contributed by atoms with Crippen molar-refractivity contribution in [3.05, 3.63) is 22.5 Å². The first-order chi connectivity index (χ1) is 6.07. The van der Waals surface area contributed by atoms with Gasteiger partial charge in [0.2, 0.25) is 0 Å². The second-order valence-corrected chi connectivity index (χ2v) is 2.73. The number of rotatable bonds is 2. The fraction of sp³-hybridized carbons (Fsp3) is 0.286. The molecule has 1 heterocycles. The van der Waals surface area contributed by atoms with Crippen LogP contribution in [0.3, 0.4) is 0 Å². The van der Waals surface area contributed by atoms with E-state index in [1.807, 2.05) is 0 Å². The van der Waals surface area contributed by atoms with Crippen LogP contribution in [0.25, 0.3) is 0 Å². The van der Waals surface area contributed by atoms with Crippen LogP contribution >= 0.6 is 11.6 Å². The van der Waals surface area contributed by atoms with Gasteiger partial charge in [0.15, 0.2) is 0 Å². The third-order valence-corrected chi connectivity index (χ3v) is 1.98. The summed E-state index contributed by atoms with van der Waals surface area (Å²) in [5.74, 6) is 0. The number of aromatic nitrogens is 1. The molecule has 0 aromatic carbocycles. The fourth-order valence-corrected chi connectivity index (χ4v) is 1.10. The zero-order valence-corrected chi connectivity index (χ0v) is 7.22. The zero-order chi connectivity index (χ0) is 10.0. The highest BCUT2D eigenvalue weighted by Crippen LogP contribution is 2.30. The third-order valence-electron chi connectivity index (χ3n) is 1.54. The number of nitrogens with two attached hydrogens (primary N) is 1. The van der Waals surface area contributed by atoms with Crippen LogP contribution in [0, 0.1) is 0 Å². The molecule has 0 radical (unpaired) electrons. The summed E-state index contributed by atoms with van der Waals surface area (Å²) in [5, 5.41) is 8.70. The Morgan fingerprint density at radius 2 is 2.23 bits per heavy atom. The maximum Gasteiger partial charge on any atom is 0.280 e. The van der Waals surface area contributed by atoms with E-state index in [2.05, 4.69) is 4.98 Å². The molecule has 13 heavy (non-hydrogen) atoms. The molecule has 0 fully saturated rings. The van der Waals surface area contributed by atoms with Crippen molar-refractivity contribution in [2.45, 2.75) is 13.0 Å². The lowest BCUT2D eigenvalue weighted by Crippen LogP contribution is -2.02. The van der Waals surface area contributed by atoms with E-state index < -0.39 is 18.7 Å². The molecule has 72 valence electrons. The maximum atomic E-state index is 12.3. The lowest BCUT2D eigenvalue weighted by molar-refractivity contribution is 0.141.